The van der Waals surface area contributed by atoms with Crippen molar-refractivity contribution >= 4 is 0 Å². The number of hydrogen-bond donors (Lipinski definition) is 4. The molecule has 246 valence electrons. The van der Waals surface area contributed by atoms with E-state index in [4.69, 9.17) is 0 Å². The van der Waals surface area contributed by atoms with E-state index in [-0.39, 0.29) is 33.9 Å². The van der Waals surface area contributed by atoms with Crippen LogP contribution in [0.1, 0.15) is 143 Å². The molecule has 0 aromatic carbocycles. The van der Waals surface area contributed by atoms with Crippen LogP contribution >= 0.6 is 0 Å². The summed E-state index contributed by atoms with van der Waals surface area (Å²) in [7, 11) is 0. The zero-order valence-electron chi connectivity index (χ0n) is 28.3. The molecule has 16 atom stereocenters. The van der Waals surface area contributed by atoms with Crippen LogP contribution in [0.25, 0.3) is 0 Å². The predicted molar refractivity (Wildman–Crippen MR) is 173 cm³/mol. The van der Waals surface area contributed by atoms with Crippen molar-refractivity contribution in [1.82, 2.24) is 0 Å². The monoisotopic (exact) mass is 606 g/mol. The van der Waals surface area contributed by atoms with Gasteiger partial charge in [-0.2, -0.15) is 0 Å². The van der Waals surface area contributed by atoms with Gasteiger partial charge in [0.25, 0.3) is 0 Å². The summed E-state index contributed by atoms with van der Waals surface area (Å²) in [4.78, 5) is 0. The van der Waals surface area contributed by atoms with Crippen LogP contribution in [0.4, 0.5) is 0 Å². The fourth-order valence-corrected chi connectivity index (χ4v) is 14.9. The van der Waals surface area contributed by atoms with Gasteiger partial charge in [0.05, 0.1) is 12.2 Å². The highest BCUT2D eigenvalue weighted by Crippen LogP contribution is 2.68. The molecule has 0 unspecified atom stereocenters. The third-order valence-corrected chi connectivity index (χ3v) is 17.9. The minimum Gasteiger partial charge on any atom is -0.393 e. The predicted octanol–water partition coefficient (Wildman–Crippen LogP) is 7.26. The van der Waals surface area contributed by atoms with Crippen LogP contribution in [0, 0.1) is 80.8 Å². The Morgan fingerprint density at radius 3 is 1.23 bits per heavy atom. The second-order valence-corrected chi connectivity index (χ2v) is 19.3. The second kappa shape index (κ2) is 9.96. The van der Waals surface area contributed by atoms with Crippen molar-refractivity contribution in [1.29, 1.82) is 0 Å². The first kappa shape index (κ1) is 30.7. The van der Waals surface area contributed by atoms with Crippen molar-refractivity contribution in [3.8, 4) is 11.8 Å². The maximum atomic E-state index is 11.9. The molecule has 0 aromatic heterocycles. The Balaban J connectivity index is 0.951. The molecule has 4 N–H and O–H groups in total. The molecule has 0 radical (unpaired) electrons. The molecular formula is C40H62O4. The molecule has 0 heterocycles. The first-order chi connectivity index (χ1) is 20.7. The summed E-state index contributed by atoms with van der Waals surface area (Å²) in [6.45, 7) is 9.79. The molecule has 4 nitrogen and oxygen atoms in total. The lowest BCUT2D eigenvalue weighted by Gasteiger charge is -2.61. The summed E-state index contributed by atoms with van der Waals surface area (Å²) in [6, 6.07) is 0. The van der Waals surface area contributed by atoms with E-state index in [2.05, 4.69) is 39.5 Å². The Bertz CT molecular complexity index is 1130. The van der Waals surface area contributed by atoms with E-state index in [1.807, 2.05) is 0 Å². The Morgan fingerprint density at radius 1 is 0.432 bits per heavy atom. The minimum atomic E-state index is -0.977. The van der Waals surface area contributed by atoms with E-state index in [1.165, 1.54) is 51.4 Å². The van der Waals surface area contributed by atoms with Crippen molar-refractivity contribution in [2.45, 2.75) is 167 Å². The third-order valence-electron chi connectivity index (χ3n) is 17.9. The van der Waals surface area contributed by atoms with Gasteiger partial charge in [-0.25, -0.2) is 0 Å². The SMILES string of the molecule is C[C@]12CC[C@@](O)(C#C[C@]3(O)CC[C@@]4(C)[C@@H](CC[C@H]5[C@H]4CC[C@@]4(C)[C@@H]5CC[C@@H]4O)C3)C[C@@H]1CC[C@@H]1[C@H]2CC[C@@]2(C)[C@@H]1CC[C@@H]2O. The fraction of sp³-hybridized carbons (Fsp3) is 0.950. The zero-order valence-corrected chi connectivity index (χ0v) is 28.3. The number of hydrogen-bond acceptors (Lipinski definition) is 4. The van der Waals surface area contributed by atoms with Crippen LogP contribution in [0.15, 0.2) is 0 Å². The molecule has 0 amide bonds. The normalized spacial score (nSPS) is 61.3. The van der Waals surface area contributed by atoms with E-state index in [0.717, 1.165) is 76.0 Å². The van der Waals surface area contributed by atoms with Crippen LogP contribution in [-0.4, -0.2) is 43.8 Å². The van der Waals surface area contributed by atoms with Gasteiger partial charge in [-0.3, -0.25) is 0 Å². The molecule has 0 spiro atoms. The summed E-state index contributed by atoms with van der Waals surface area (Å²) < 4.78 is 0. The van der Waals surface area contributed by atoms with E-state index < -0.39 is 11.2 Å². The number of aliphatic hydroxyl groups is 4. The van der Waals surface area contributed by atoms with Gasteiger partial charge in [0.1, 0.15) is 11.2 Å². The molecule has 8 rings (SSSR count). The maximum Gasteiger partial charge on any atom is 0.125 e. The molecule has 0 bridgehead atoms. The van der Waals surface area contributed by atoms with Crippen molar-refractivity contribution < 1.29 is 20.4 Å². The topological polar surface area (TPSA) is 80.9 Å². The van der Waals surface area contributed by atoms with E-state index >= 15 is 0 Å². The maximum absolute atomic E-state index is 11.9. The standard InChI is InChI=1S/C40H62O4/c1-35-17-19-39(43,23-25(35)5-7-27-29-9-11-33(41)37(29,3)15-13-31(27)35)21-22-40(44)20-18-36(2)26(24-40)6-8-28-30-10-12-34(42)38(30,4)16-14-32(28)36/h25-34,41-44H,5-20,23-24H2,1-4H3/t25-,26-,27-,28+,29+,30+,31+,32+,33-,34-,35-,36-,37-,38-,39+,40+/m0/s1. The second-order valence-electron chi connectivity index (χ2n) is 19.3. The molecule has 8 aliphatic carbocycles. The molecule has 8 aliphatic rings. The molecule has 8 saturated carbocycles. The van der Waals surface area contributed by atoms with Crippen LogP contribution in [0.3, 0.4) is 0 Å². The third kappa shape index (κ3) is 4.23. The lowest BCUT2D eigenvalue weighted by atomic mass is 9.44. The smallest absolute Gasteiger partial charge is 0.125 e. The highest BCUT2D eigenvalue weighted by atomic mass is 16.3. The van der Waals surface area contributed by atoms with Gasteiger partial charge in [0.2, 0.25) is 0 Å². The summed E-state index contributed by atoms with van der Waals surface area (Å²) in [5.74, 6) is 12.0. The number of fused-ring (bicyclic) bond motifs is 10. The van der Waals surface area contributed by atoms with Crippen LogP contribution in [0.2, 0.25) is 0 Å². The van der Waals surface area contributed by atoms with Gasteiger partial charge in [0, 0.05) is 0 Å². The van der Waals surface area contributed by atoms with E-state index in [0.29, 0.717) is 35.5 Å². The molecule has 44 heavy (non-hydrogen) atoms. The molecule has 0 aromatic rings. The summed E-state index contributed by atoms with van der Waals surface area (Å²) in [5, 5.41) is 45.5. The van der Waals surface area contributed by atoms with Gasteiger partial charge in [-0.1, -0.05) is 39.5 Å². The van der Waals surface area contributed by atoms with Gasteiger partial charge < -0.3 is 20.4 Å². The summed E-state index contributed by atoms with van der Waals surface area (Å²) in [6.07, 6.45) is 18.8. The van der Waals surface area contributed by atoms with E-state index in [9.17, 15) is 20.4 Å². The van der Waals surface area contributed by atoms with Gasteiger partial charge in [-0.05, 0) is 185 Å². The van der Waals surface area contributed by atoms with Crippen LogP contribution < -0.4 is 0 Å². The summed E-state index contributed by atoms with van der Waals surface area (Å²) in [5.41, 5.74) is -1.19. The first-order valence-corrected chi connectivity index (χ1v) is 19.1. The fourth-order valence-electron chi connectivity index (χ4n) is 14.9. The molecule has 0 saturated heterocycles. The Kier molecular flexibility index (Phi) is 6.96. The summed E-state index contributed by atoms with van der Waals surface area (Å²) >= 11 is 0. The largest absolute Gasteiger partial charge is 0.393 e. The van der Waals surface area contributed by atoms with Gasteiger partial charge in [0.15, 0.2) is 0 Å². The quantitative estimate of drug-likeness (QED) is 0.219. The minimum absolute atomic E-state index is 0.118. The Labute approximate surface area is 267 Å². The molecular weight excluding hydrogens is 544 g/mol. The van der Waals surface area contributed by atoms with Crippen molar-refractivity contribution in [2.24, 2.45) is 69.0 Å². The Hall–Kier alpha value is -0.600. The van der Waals surface area contributed by atoms with Gasteiger partial charge in [-0.15, -0.1) is 0 Å². The van der Waals surface area contributed by atoms with Crippen molar-refractivity contribution in [2.75, 3.05) is 0 Å². The number of aliphatic hydroxyl groups excluding tert-OH is 2. The van der Waals surface area contributed by atoms with E-state index in [1.54, 1.807) is 0 Å². The number of rotatable bonds is 0. The highest BCUT2D eigenvalue weighted by Gasteiger charge is 2.63. The highest BCUT2D eigenvalue weighted by molar-refractivity contribution is 5.26. The lowest BCUT2D eigenvalue weighted by molar-refractivity contribution is -0.145. The van der Waals surface area contributed by atoms with Gasteiger partial charge >= 0.3 is 0 Å². The molecule has 4 heteroatoms. The lowest BCUT2D eigenvalue weighted by Crippen LogP contribution is -2.56. The van der Waals surface area contributed by atoms with Crippen molar-refractivity contribution in [3.63, 3.8) is 0 Å². The first-order valence-electron chi connectivity index (χ1n) is 19.1. The van der Waals surface area contributed by atoms with Crippen LogP contribution in [-0.2, 0) is 0 Å². The van der Waals surface area contributed by atoms with Crippen LogP contribution in [0.5, 0.6) is 0 Å². The zero-order chi connectivity index (χ0) is 30.9. The van der Waals surface area contributed by atoms with Crippen molar-refractivity contribution in [3.05, 3.63) is 0 Å². The molecule has 8 fully saturated rings. The molecule has 0 aliphatic heterocycles. The average molecular weight is 607 g/mol. The Morgan fingerprint density at radius 2 is 0.818 bits per heavy atom. The average Bonchev–Trinajstić information content (AvgIpc) is 3.47.